The van der Waals surface area contributed by atoms with Crippen molar-refractivity contribution in [1.29, 1.82) is 0 Å². The summed E-state index contributed by atoms with van der Waals surface area (Å²) in [5.74, 6) is 0.477. The van der Waals surface area contributed by atoms with Gasteiger partial charge in [-0.15, -0.1) is 11.3 Å². The minimum atomic E-state index is -0.623. The zero-order valence-corrected chi connectivity index (χ0v) is 15.5. The average Bonchev–Trinajstić information content (AvgIpc) is 3.27. The molecule has 2 atom stereocenters. The second kappa shape index (κ2) is 7.38. The SMILES string of the molecule is COc1ccc(Nc2nc(C(=O)N[C@@H]3c4ccccc4C[C@@H]3O)cs2)cc1. The number of aliphatic hydroxyl groups is 1. The lowest BCUT2D eigenvalue weighted by Gasteiger charge is -2.17. The van der Waals surface area contributed by atoms with Crippen molar-refractivity contribution in [1.82, 2.24) is 10.3 Å². The molecular weight excluding hydrogens is 362 g/mol. The molecule has 7 heteroatoms. The number of nitrogens with one attached hydrogen (secondary N) is 2. The standard InChI is InChI=1S/C20H19N3O3S/c1-26-14-8-6-13(7-9-14)21-20-22-16(11-27-20)19(25)23-18-15-5-3-2-4-12(15)10-17(18)24/h2-9,11,17-18,24H,10H2,1H3,(H,21,22)(H,23,25)/t17-,18+/m0/s1. The van der Waals surface area contributed by atoms with E-state index in [9.17, 15) is 9.90 Å². The summed E-state index contributed by atoms with van der Waals surface area (Å²) in [5.41, 5.74) is 3.21. The number of benzene rings is 2. The first-order valence-electron chi connectivity index (χ1n) is 8.57. The predicted octanol–water partition coefficient (Wildman–Crippen LogP) is 3.28. The van der Waals surface area contributed by atoms with Gasteiger partial charge >= 0.3 is 0 Å². The van der Waals surface area contributed by atoms with Crippen molar-refractivity contribution in [3.8, 4) is 5.75 Å². The van der Waals surface area contributed by atoms with Gasteiger partial charge in [0.2, 0.25) is 0 Å². The van der Waals surface area contributed by atoms with Gasteiger partial charge in [-0.25, -0.2) is 4.98 Å². The molecular formula is C20H19N3O3S. The maximum atomic E-state index is 12.6. The topological polar surface area (TPSA) is 83.5 Å². The van der Waals surface area contributed by atoms with E-state index in [2.05, 4.69) is 15.6 Å². The summed E-state index contributed by atoms with van der Waals surface area (Å²) < 4.78 is 5.14. The van der Waals surface area contributed by atoms with Crippen molar-refractivity contribution in [2.24, 2.45) is 0 Å². The first-order valence-corrected chi connectivity index (χ1v) is 9.45. The van der Waals surface area contributed by atoms with Gasteiger partial charge in [-0.1, -0.05) is 24.3 Å². The number of hydrogen-bond donors (Lipinski definition) is 3. The molecule has 0 aliphatic heterocycles. The zero-order valence-electron chi connectivity index (χ0n) is 14.7. The number of aliphatic hydroxyl groups excluding tert-OH is 1. The maximum absolute atomic E-state index is 12.6. The summed E-state index contributed by atoms with van der Waals surface area (Å²) in [6.07, 6.45) is -0.0792. The molecule has 1 aliphatic rings. The van der Waals surface area contributed by atoms with Gasteiger partial charge in [-0.05, 0) is 35.4 Å². The number of ether oxygens (including phenoxy) is 1. The molecule has 3 aromatic rings. The highest BCUT2D eigenvalue weighted by molar-refractivity contribution is 7.14. The van der Waals surface area contributed by atoms with Crippen LogP contribution in [-0.2, 0) is 6.42 Å². The molecule has 27 heavy (non-hydrogen) atoms. The van der Waals surface area contributed by atoms with E-state index in [1.54, 1.807) is 12.5 Å². The largest absolute Gasteiger partial charge is 0.497 e. The summed E-state index contributed by atoms with van der Waals surface area (Å²) in [4.78, 5) is 16.9. The fraction of sp³-hybridized carbons (Fsp3) is 0.200. The van der Waals surface area contributed by atoms with Crippen LogP contribution in [0.5, 0.6) is 5.75 Å². The number of methoxy groups -OCH3 is 1. The molecule has 0 bridgehead atoms. The van der Waals surface area contributed by atoms with E-state index in [4.69, 9.17) is 4.74 Å². The van der Waals surface area contributed by atoms with E-state index in [1.165, 1.54) is 11.3 Å². The van der Waals surface area contributed by atoms with Crippen molar-refractivity contribution in [2.75, 3.05) is 12.4 Å². The molecule has 1 amide bonds. The molecule has 3 N–H and O–H groups in total. The van der Waals surface area contributed by atoms with Crippen LogP contribution >= 0.6 is 11.3 Å². The maximum Gasteiger partial charge on any atom is 0.271 e. The minimum Gasteiger partial charge on any atom is -0.497 e. The van der Waals surface area contributed by atoms with Crippen molar-refractivity contribution in [2.45, 2.75) is 18.6 Å². The quantitative estimate of drug-likeness (QED) is 0.632. The molecule has 6 nitrogen and oxygen atoms in total. The van der Waals surface area contributed by atoms with Gasteiger partial charge in [-0.2, -0.15) is 0 Å². The molecule has 0 radical (unpaired) electrons. The van der Waals surface area contributed by atoms with Gasteiger partial charge < -0.3 is 20.5 Å². The van der Waals surface area contributed by atoms with Gasteiger partial charge in [0.1, 0.15) is 11.4 Å². The van der Waals surface area contributed by atoms with Crippen molar-refractivity contribution in [3.05, 3.63) is 70.7 Å². The third-order valence-corrected chi connectivity index (χ3v) is 5.33. The predicted molar refractivity (Wildman–Crippen MR) is 105 cm³/mol. The molecule has 1 heterocycles. The number of hydrogen-bond acceptors (Lipinski definition) is 6. The van der Waals surface area contributed by atoms with Crippen LogP contribution < -0.4 is 15.4 Å². The van der Waals surface area contributed by atoms with Crippen LogP contribution in [-0.4, -0.2) is 29.2 Å². The lowest BCUT2D eigenvalue weighted by Crippen LogP contribution is -2.34. The van der Waals surface area contributed by atoms with Gasteiger partial charge in [0, 0.05) is 17.5 Å². The van der Waals surface area contributed by atoms with Gasteiger partial charge in [0.25, 0.3) is 5.91 Å². The number of anilines is 2. The van der Waals surface area contributed by atoms with Crippen LogP contribution in [0.4, 0.5) is 10.8 Å². The molecule has 0 unspecified atom stereocenters. The average molecular weight is 381 g/mol. The number of aromatic nitrogens is 1. The Bertz CT molecular complexity index is 955. The number of carbonyl (C=O) groups is 1. The zero-order chi connectivity index (χ0) is 18.8. The number of nitrogens with zero attached hydrogens (tertiary/aromatic N) is 1. The van der Waals surface area contributed by atoms with E-state index < -0.39 is 12.1 Å². The van der Waals surface area contributed by atoms with Crippen molar-refractivity contribution >= 4 is 28.1 Å². The molecule has 0 spiro atoms. The summed E-state index contributed by atoms with van der Waals surface area (Å²) in [5, 5.41) is 18.7. The summed E-state index contributed by atoms with van der Waals surface area (Å²) in [6, 6.07) is 14.8. The number of thiazole rings is 1. The van der Waals surface area contributed by atoms with E-state index in [-0.39, 0.29) is 5.91 Å². The number of amides is 1. The fourth-order valence-electron chi connectivity index (χ4n) is 3.20. The Kier molecular flexibility index (Phi) is 4.79. The fourth-order valence-corrected chi connectivity index (χ4v) is 3.91. The molecule has 138 valence electrons. The Morgan fingerprint density at radius 1 is 1.22 bits per heavy atom. The van der Waals surface area contributed by atoms with Crippen LogP contribution in [0.1, 0.15) is 27.7 Å². The van der Waals surface area contributed by atoms with Crippen molar-refractivity contribution in [3.63, 3.8) is 0 Å². The summed E-state index contributed by atoms with van der Waals surface area (Å²) in [7, 11) is 1.62. The van der Waals surface area contributed by atoms with Gasteiger partial charge in [0.15, 0.2) is 5.13 Å². The van der Waals surface area contributed by atoms with Crippen molar-refractivity contribution < 1.29 is 14.6 Å². The molecule has 1 aliphatic carbocycles. The monoisotopic (exact) mass is 381 g/mol. The molecule has 2 aromatic carbocycles. The third kappa shape index (κ3) is 3.65. The highest BCUT2D eigenvalue weighted by Gasteiger charge is 2.32. The van der Waals surface area contributed by atoms with Crippen LogP contribution in [0.15, 0.2) is 53.9 Å². The second-order valence-electron chi connectivity index (χ2n) is 6.31. The van der Waals surface area contributed by atoms with Crippen LogP contribution in [0.3, 0.4) is 0 Å². The molecule has 0 saturated heterocycles. The Hall–Kier alpha value is -2.90. The third-order valence-electron chi connectivity index (χ3n) is 4.57. The van der Waals surface area contributed by atoms with Crippen LogP contribution in [0.25, 0.3) is 0 Å². The normalized spacial score (nSPS) is 18.0. The Labute approximate surface area is 160 Å². The van der Waals surface area contributed by atoms with E-state index in [1.807, 2.05) is 48.5 Å². The Morgan fingerprint density at radius 3 is 2.78 bits per heavy atom. The lowest BCUT2D eigenvalue weighted by atomic mass is 10.1. The van der Waals surface area contributed by atoms with E-state index >= 15 is 0 Å². The first kappa shape index (κ1) is 17.5. The van der Waals surface area contributed by atoms with Gasteiger partial charge in [0.05, 0.1) is 19.3 Å². The molecule has 0 saturated carbocycles. The molecule has 0 fully saturated rings. The Morgan fingerprint density at radius 2 is 2.00 bits per heavy atom. The highest BCUT2D eigenvalue weighted by Crippen LogP contribution is 2.31. The smallest absolute Gasteiger partial charge is 0.271 e. The summed E-state index contributed by atoms with van der Waals surface area (Å²) in [6.45, 7) is 0. The van der Waals surface area contributed by atoms with Crippen LogP contribution in [0.2, 0.25) is 0 Å². The number of rotatable bonds is 5. The highest BCUT2D eigenvalue weighted by atomic mass is 32.1. The van der Waals surface area contributed by atoms with Gasteiger partial charge in [-0.3, -0.25) is 4.79 Å². The lowest BCUT2D eigenvalue weighted by molar-refractivity contribution is 0.0854. The molecule has 4 rings (SSSR count). The van der Waals surface area contributed by atoms with E-state index in [0.29, 0.717) is 17.2 Å². The van der Waals surface area contributed by atoms with E-state index in [0.717, 1.165) is 22.6 Å². The minimum absolute atomic E-state index is 0.296. The Balaban J connectivity index is 1.44. The second-order valence-corrected chi connectivity index (χ2v) is 7.17. The molecule has 1 aromatic heterocycles. The first-order chi connectivity index (χ1) is 13.1. The summed E-state index contributed by atoms with van der Waals surface area (Å²) >= 11 is 1.35. The van der Waals surface area contributed by atoms with Crippen LogP contribution in [0, 0.1) is 0 Å². The number of carbonyl (C=O) groups excluding carboxylic acids is 1. The number of fused-ring (bicyclic) bond motifs is 1.